The fraction of sp³-hybridized carbons (Fsp3) is 0.200. The second kappa shape index (κ2) is 12.6. The zero-order chi connectivity index (χ0) is 30.6. The Bertz CT molecular complexity index is 2020. The van der Waals surface area contributed by atoms with E-state index in [-0.39, 0.29) is 18.8 Å². The molecule has 2 N–H and O–H groups in total. The third kappa shape index (κ3) is 5.27. The van der Waals surface area contributed by atoms with Gasteiger partial charge in [0.05, 0.1) is 32.3 Å². The van der Waals surface area contributed by atoms with Gasteiger partial charge >= 0.3 is 0 Å². The van der Waals surface area contributed by atoms with Gasteiger partial charge in [-0.05, 0) is 88.0 Å². The quantitative estimate of drug-likeness (QED) is 0.192. The number of hydrogen-bond acceptors (Lipinski definition) is 8. The maximum absolute atomic E-state index is 13.8. The smallest absolute Gasteiger partial charge is 0.280 e. The highest BCUT2D eigenvalue weighted by Crippen LogP contribution is 2.41. The van der Waals surface area contributed by atoms with Gasteiger partial charge in [0, 0.05) is 29.5 Å². The number of hydrogen-bond donors (Lipinski definition) is 2. The Balaban J connectivity index is 1.58. The van der Waals surface area contributed by atoms with Gasteiger partial charge in [-0.15, -0.1) is 0 Å². The highest BCUT2D eigenvalue weighted by atomic mass is 16.5. The maximum atomic E-state index is 13.8. The first-order valence-corrected chi connectivity index (χ1v) is 14.5. The summed E-state index contributed by atoms with van der Waals surface area (Å²) < 4.78 is 13.0. The molecule has 0 radical (unpaired) electrons. The number of aromatic nitrogens is 4. The van der Waals surface area contributed by atoms with E-state index in [9.17, 15) is 15.0 Å². The predicted octanol–water partition coefficient (Wildman–Crippen LogP) is 5.84. The minimum absolute atomic E-state index is 0.269. The summed E-state index contributed by atoms with van der Waals surface area (Å²) in [5.41, 5.74) is 3.58. The van der Waals surface area contributed by atoms with E-state index in [1.807, 2.05) is 54.6 Å². The average Bonchev–Trinajstić information content (AvgIpc) is 3.07. The van der Waals surface area contributed by atoms with Crippen molar-refractivity contribution in [2.75, 3.05) is 13.7 Å². The van der Waals surface area contributed by atoms with Crippen molar-refractivity contribution < 1.29 is 19.7 Å². The van der Waals surface area contributed by atoms with E-state index < -0.39 is 0 Å². The van der Waals surface area contributed by atoms with Crippen LogP contribution in [0.25, 0.3) is 49.7 Å². The van der Waals surface area contributed by atoms with Crippen LogP contribution in [0, 0.1) is 0 Å². The topological polar surface area (TPSA) is 120 Å². The van der Waals surface area contributed by atoms with Crippen LogP contribution in [-0.2, 0) is 13.2 Å². The molecule has 3 aromatic carbocycles. The number of fused-ring (bicyclic) bond motifs is 2. The van der Waals surface area contributed by atoms with Gasteiger partial charge in [0.1, 0.15) is 5.69 Å². The summed E-state index contributed by atoms with van der Waals surface area (Å²) in [6.45, 7) is 2.07. The van der Waals surface area contributed by atoms with E-state index in [1.165, 1.54) is 4.68 Å². The Labute approximate surface area is 254 Å². The summed E-state index contributed by atoms with van der Waals surface area (Å²) in [4.78, 5) is 22.5. The lowest BCUT2D eigenvalue weighted by Gasteiger charge is -2.19. The van der Waals surface area contributed by atoms with E-state index in [0.29, 0.717) is 62.6 Å². The third-order valence-electron chi connectivity index (χ3n) is 7.70. The van der Waals surface area contributed by atoms with E-state index in [2.05, 4.69) is 16.9 Å². The van der Waals surface area contributed by atoms with Crippen LogP contribution >= 0.6 is 0 Å². The molecule has 6 rings (SSSR count). The lowest BCUT2D eigenvalue weighted by atomic mass is 9.90. The molecule has 0 fully saturated rings. The molecule has 0 aliphatic rings. The molecule has 222 valence electrons. The lowest BCUT2D eigenvalue weighted by molar-refractivity contribution is 0.260. The van der Waals surface area contributed by atoms with Crippen LogP contribution in [-0.4, -0.2) is 43.7 Å². The van der Waals surface area contributed by atoms with E-state index in [0.717, 1.165) is 29.2 Å². The highest BCUT2D eigenvalue weighted by Gasteiger charge is 2.20. The Morgan fingerprint density at radius 1 is 0.864 bits per heavy atom. The van der Waals surface area contributed by atoms with Gasteiger partial charge < -0.3 is 19.7 Å². The summed E-state index contributed by atoms with van der Waals surface area (Å²) in [6, 6.07) is 20.3. The molecule has 3 heterocycles. The van der Waals surface area contributed by atoms with Gasteiger partial charge in [-0.3, -0.25) is 9.78 Å². The third-order valence-corrected chi connectivity index (χ3v) is 7.70. The van der Waals surface area contributed by atoms with Crippen molar-refractivity contribution in [2.24, 2.45) is 0 Å². The molecule has 9 heteroatoms. The molecule has 0 aliphatic heterocycles. The summed E-state index contributed by atoms with van der Waals surface area (Å²) in [5.74, 6) is 1.46. The molecule has 9 nitrogen and oxygen atoms in total. The number of aliphatic hydroxyl groups is 2. The summed E-state index contributed by atoms with van der Waals surface area (Å²) in [7, 11) is 1.59. The van der Waals surface area contributed by atoms with Gasteiger partial charge in [0.2, 0.25) is 0 Å². The van der Waals surface area contributed by atoms with Gasteiger partial charge in [-0.25, -0.2) is 4.98 Å². The van der Waals surface area contributed by atoms with Crippen LogP contribution < -0.4 is 15.0 Å². The zero-order valence-corrected chi connectivity index (χ0v) is 24.5. The fourth-order valence-corrected chi connectivity index (χ4v) is 5.51. The largest absolute Gasteiger partial charge is 0.493 e. The molecule has 0 amide bonds. The van der Waals surface area contributed by atoms with E-state index in [4.69, 9.17) is 14.6 Å². The average molecular weight is 589 g/mol. The van der Waals surface area contributed by atoms with Crippen LogP contribution in [0.15, 0.2) is 90.1 Å². The van der Waals surface area contributed by atoms with Crippen molar-refractivity contribution in [1.82, 2.24) is 19.7 Å². The number of ether oxygens (including phenoxy) is 2. The Morgan fingerprint density at radius 2 is 1.70 bits per heavy atom. The molecule has 0 saturated heterocycles. The normalized spacial score (nSPS) is 11.3. The van der Waals surface area contributed by atoms with Gasteiger partial charge in [0.25, 0.3) is 5.56 Å². The molecule has 0 bridgehead atoms. The van der Waals surface area contributed by atoms with Crippen LogP contribution in [0.5, 0.6) is 11.5 Å². The standard InChI is InChI=1S/C35H32N4O5/c1-3-4-14-44-31-16-24-15-25(20-40)29(21-41)33(28(24)18-30(31)43-2)22-11-13-37-32(17-22)39-35(42)27-10-6-5-9-26(27)34(38-39)23-8-7-12-36-19-23/h5-13,15-19,40-41H,3-4,14,20-21H2,1-2H3. The number of rotatable bonds is 10. The minimum Gasteiger partial charge on any atom is -0.493 e. The summed E-state index contributed by atoms with van der Waals surface area (Å²) >= 11 is 0. The second-order valence-electron chi connectivity index (χ2n) is 10.4. The second-order valence-corrected chi connectivity index (χ2v) is 10.4. The van der Waals surface area contributed by atoms with Crippen LogP contribution in [0.4, 0.5) is 0 Å². The van der Waals surface area contributed by atoms with Crippen molar-refractivity contribution in [3.05, 3.63) is 107 Å². The molecule has 3 aromatic heterocycles. The number of benzene rings is 3. The first-order chi connectivity index (χ1) is 21.6. The Morgan fingerprint density at radius 3 is 2.43 bits per heavy atom. The van der Waals surface area contributed by atoms with Crippen LogP contribution in [0.1, 0.15) is 30.9 Å². The van der Waals surface area contributed by atoms with Crippen LogP contribution in [0.3, 0.4) is 0 Å². The Hall–Kier alpha value is -5.12. The molecule has 0 atom stereocenters. The number of unbranched alkanes of at least 4 members (excludes halogenated alkanes) is 1. The van der Waals surface area contributed by atoms with E-state index >= 15 is 0 Å². The number of methoxy groups -OCH3 is 1. The molecule has 44 heavy (non-hydrogen) atoms. The van der Waals surface area contributed by atoms with Gasteiger partial charge in [-0.2, -0.15) is 9.78 Å². The molecule has 0 saturated carbocycles. The number of aliphatic hydroxyl groups excluding tert-OH is 2. The molecule has 0 aliphatic carbocycles. The highest BCUT2D eigenvalue weighted by molar-refractivity contribution is 6.01. The summed E-state index contributed by atoms with van der Waals surface area (Å²) in [6.07, 6.45) is 6.91. The van der Waals surface area contributed by atoms with Crippen LogP contribution in [0.2, 0.25) is 0 Å². The number of pyridine rings is 2. The lowest BCUT2D eigenvalue weighted by Crippen LogP contribution is -2.23. The van der Waals surface area contributed by atoms with Crippen molar-refractivity contribution in [3.8, 4) is 39.7 Å². The molecular formula is C35H32N4O5. The van der Waals surface area contributed by atoms with E-state index in [1.54, 1.807) is 37.8 Å². The molecule has 0 spiro atoms. The molecular weight excluding hydrogens is 556 g/mol. The van der Waals surface area contributed by atoms with Gasteiger partial charge in [0.15, 0.2) is 17.3 Å². The monoisotopic (exact) mass is 588 g/mol. The first-order valence-electron chi connectivity index (χ1n) is 14.5. The predicted molar refractivity (Wildman–Crippen MR) is 170 cm³/mol. The molecule has 6 aromatic rings. The van der Waals surface area contributed by atoms with Crippen molar-refractivity contribution in [2.45, 2.75) is 33.0 Å². The minimum atomic E-state index is -0.315. The van der Waals surface area contributed by atoms with Crippen molar-refractivity contribution >= 4 is 21.5 Å². The first kappa shape index (κ1) is 29.0. The summed E-state index contributed by atoms with van der Waals surface area (Å²) in [5, 5.41) is 28.4. The van der Waals surface area contributed by atoms with Crippen molar-refractivity contribution in [3.63, 3.8) is 0 Å². The van der Waals surface area contributed by atoms with Gasteiger partial charge in [-0.1, -0.05) is 31.5 Å². The fourth-order valence-electron chi connectivity index (χ4n) is 5.51. The molecule has 0 unspecified atom stereocenters. The Kier molecular flexibility index (Phi) is 8.31. The maximum Gasteiger partial charge on any atom is 0.280 e. The number of nitrogens with zero attached hydrogens (tertiary/aromatic N) is 4. The van der Waals surface area contributed by atoms with Crippen molar-refractivity contribution in [1.29, 1.82) is 0 Å². The SMILES string of the molecule is CCCCOc1cc2cc(CO)c(CO)c(-c3ccnc(-n4nc(-c5cccnc5)c5ccccc5c4=O)c3)c2cc1OC. The zero-order valence-electron chi connectivity index (χ0n) is 24.5.